The molecule has 6 nitrogen and oxygen atoms in total. The topological polar surface area (TPSA) is 84.5 Å². The number of rotatable bonds is 6. The van der Waals surface area contributed by atoms with Crippen molar-refractivity contribution in [1.29, 1.82) is 0 Å². The Morgan fingerprint density at radius 1 is 1.10 bits per heavy atom. The molecule has 1 aromatic carbocycles. The average Bonchev–Trinajstić information content (AvgIpc) is 3.30. The van der Waals surface area contributed by atoms with Gasteiger partial charge in [-0.05, 0) is 48.2 Å². The molecule has 29 heavy (non-hydrogen) atoms. The molecule has 0 saturated heterocycles. The van der Waals surface area contributed by atoms with Crippen molar-refractivity contribution in [2.75, 3.05) is 17.7 Å². The van der Waals surface area contributed by atoms with E-state index in [1.165, 1.54) is 18.4 Å². The highest BCUT2D eigenvalue weighted by Gasteiger charge is 2.26. The van der Waals surface area contributed by atoms with Crippen LogP contribution in [0.5, 0.6) is 0 Å². The van der Waals surface area contributed by atoms with Crippen molar-refractivity contribution in [3.63, 3.8) is 0 Å². The minimum Gasteiger partial charge on any atom is -0.465 e. The van der Waals surface area contributed by atoms with E-state index in [9.17, 15) is 14.4 Å². The largest absolute Gasteiger partial charge is 0.465 e. The van der Waals surface area contributed by atoms with Crippen molar-refractivity contribution in [1.82, 2.24) is 0 Å². The molecule has 0 radical (unpaired) electrons. The second kappa shape index (κ2) is 9.21. The number of thiophene rings is 2. The van der Waals surface area contributed by atoms with Crippen LogP contribution in [-0.2, 0) is 16.0 Å². The van der Waals surface area contributed by atoms with Gasteiger partial charge in [0.15, 0.2) is 0 Å². The van der Waals surface area contributed by atoms with E-state index in [1.807, 2.05) is 17.5 Å². The Balaban J connectivity index is 1.85. The molecule has 0 unspecified atom stereocenters. The van der Waals surface area contributed by atoms with Crippen molar-refractivity contribution in [2.45, 2.75) is 13.3 Å². The monoisotopic (exact) mass is 448 g/mol. The second-order valence-electron chi connectivity index (χ2n) is 6.02. The van der Waals surface area contributed by atoms with Gasteiger partial charge >= 0.3 is 5.97 Å². The summed E-state index contributed by atoms with van der Waals surface area (Å²) >= 11 is 8.37. The molecule has 2 heterocycles. The van der Waals surface area contributed by atoms with Gasteiger partial charge in [-0.15, -0.1) is 22.7 Å². The highest BCUT2D eigenvalue weighted by Crippen LogP contribution is 2.34. The summed E-state index contributed by atoms with van der Waals surface area (Å²) < 4.78 is 4.84. The van der Waals surface area contributed by atoms with Gasteiger partial charge in [0.1, 0.15) is 5.00 Å². The molecule has 2 aromatic heterocycles. The quantitative estimate of drug-likeness (QED) is 0.520. The number of hydrogen-bond acceptors (Lipinski definition) is 6. The van der Waals surface area contributed by atoms with Crippen LogP contribution in [0, 0.1) is 6.92 Å². The van der Waals surface area contributed by atoms with Gasteiger partial charge in [-0.2, -0.15) is 0 Å². The summed E-state index contributed by atoms with van der Waals surface area (Å²) in [7, 11) is 1.25. The molecule has 0 saturated carbocycles. The number of amides is 2. The van der Waals surface area contributed by atoms with Crippen molar-refractivity contribution in [3.05, 3.63) is 67.7 Å². The van der Waals surface area contributed by atoms with Crippen LogP contribution in [0.15, 0.2) is 41.8 Å². The SMILES string of the molecule is COC(=O)c1c(NC(=O)Cc2cccs2)sc(C(=O)Nc2ccc(Cl)cc2)c1C. The van der Waals surface area contributed by atoms with Gasteiger partial charge in [0, 0.05) is 15.6 Å². The molecular formula is C20H17ClN2O4S2. The molecule has 0 fully saturated rings. The number of carbonyl (C=O) groups is 3. The highest BCUT2D eigenvalue weighted by molar-refractivity contribution is 7.19. The lowest BCUT2D eigenvalue weighted by atomic mass is 10.1. The second-order valence-corrected chi connectivity index (χ2v) is 8.51. The molecule has 0 spiro atoms. The zero-order chi connectivity index (χ0) is 21.0. The van der Waals surface area contributed by atoms with Crippen LogP contribution in [-0.4, -0.2) is 24.9 Å². The number of nitrogens with one attached hydrogen (secondary N) is 2. The van der Waals surface area contributed by atoms with E-state index in [4.69, 9.17) is 16.3 Å². The third-order valence-corrected chi connectivity index (χ3v) is 6.35. The van der Waals surface area contributed by atoms with Crippen LogP contribution in [0.4, 0.5) is 10.7 Å². The van der Waals surface area contributed by atoms with Crippen molar-refractivity contribution < 1.29 is 19.1 Å². The van der Waals surface area contributed by atoms with E-state index >= 15 is 0 Å². The first kappa shape index (κ1) is 21.0. The molecule has 0 aliphatic carbocycles. The lowest BCUT2D eigenvalue weighted by Crippen LogP contribution is -2.15. The number of anilines is 2. The molecule has 0 atom stereocenters. The molecule has 0 aliphatic rings. The first-order chi connectivity index (χ1) is 13.9. The number of benzene rings is 1. The number of methoxy groups -OCH3 is 1. The summed E-state index contributed by atoms with van der Waals surface area (Å²) in [6.45, 7) is 1.65. The normalized spacial score (nSPS) is 10.4. The number of carbonyl (C=O) groups excluding carboxylic acids is 3. The van der Waals surface area contributed by atoms with E-state index in [2.05, 4.69) is 10.6 Å². The molecule has 150 valence electrons. The maximum absolute atomic E-state index is 12.7. The van der Waals surface area contributed by atoms with Crippen molar-refractivity contribution in [3.8, 4) is 0 Å². The zero-order valence-electron chi connectivity index (χ0n) is 15.6. The summed E-state index contributed by atoms with van der Waals surface area (Å²) in [5, 5.41) is 8.23. The Labute approximate surface area is 180 Å². The molecular weight excluding hydrogens is 432 g/mol. The smallest absolute Gasteiger partial charge is 0.341 e. The fourth-order valence-electron chi connectivity index (χ4n) is 2.63. The van der Waals surface area contributed by atoms with Crippen LogP contribution in [0.3, 0.4) is 0 Å². The summed E-state index contributed by atoms with van der Waals surface area (Å²) in [4.78, 5) is 38.6. The summed E-state index contributed by atoms with van der Waals surface area (Å²) in [5.41, 5.74) is 1.19. The van der Waals surface area contributed by atoms with Gasteiger partial charge in [0.25, 0.3) is 5.91 Å². The standard InChI is InChI=1S/C20H17ClN2O4S2/c1-11-16(20(26)27-2)19(23-15(24)10-14-4-3-9-28-14)29-17(11)18(25)22-13-7-5-12(21)6-8-13/h3-9H,10H2,1-2H3,(H,22,25)(H,23,24). The minimum absolute atomic E-state index is 0.179. The Hall–Kier alpha value is -2.68. The van der Waals surface area contributed by atoms with Gasteiger partial charge in [0.2, 0.25) is 5.91 Å². The molecule has 2 amide bonds. The number of esters is 1. The van der Waals surface area contributed by atoms with E-state index < -0.39 is 11.9 Å². The average molecular weight is 449 g/mol. The van der Waals surface area contributed by atoms with Gasteiger partial charge in [-0.3, -0.25) is 9.59 Å². The van der Waals surface area contributed by atoms with Crippen LogP contribution in [0.2, 0.25) is 5.02 Å². The summed E-state index contributed by atoms with van der Waals surface area (Å²) in [5.74, 6) is -1.28. The fraction of sp³-hybridized carbons (Fsp3) is 0.150. The van der Waals surface area contributed by atoms with E-state index in [0.717, 1.165) is 16.2 Å². The number of ether oxygens (including phenoxy) is 1. The molecule has 0 aliphatic heterocycles. The van der Waals surface area contributed by atoms with E-state index in [1.54, 1.807) is 31.2 Å². The van der Waals surface area contributed by atoms with Crippen molar-refractivity contribution >= 4 is 62.7 Å². The Morgan fingerprint density at radius 3 is 2.45 bits per heavy atom. The zero-order valence-corrected chi connectivity index (χ0v) is 18.0. The molecule has 9 heteroatoms. The summed E-state index contributed by atoms with van der Waals surface area (Å²) in [6, 6.07) is 10.4. The Bertz CT molecular complexity index is 1040. The van der Waals surface area contributed by atoms with E-state index in [-0.39, 0.29) is 22.9 Å². The fourth-order valence-corrected chi connectivity index (χ4v) is 4.57. The molecule has 3 rings (SSSR count). The lowest BCUT2D eigenvalue weighted by molar-refractivity contribution is -0.115. The molecule has 3 aromatic rings. The Morgan fingerprint density at radius 2 is 1.83 bits per heavy atom. The van der Waals surface area contributed by atoms with Gasteiger partial charge in [0.05, 0.1) is 24.0 Å². The maximum Gasteiger partial charge on any atom is 0.341 e. The van der Waals surface area contributed by atoms with E-state index in [0.29, 0.717) is 21.2 Å². The van der Waals surface area contributed by atoms with Crippen molar-refractivity contribution in [2.24, 2.45) is 0 Å². The maximum atomic E-state index is 12.7. The van der Waals surface area contributed by atoms with Crippen LogP contribution in [0.1, 0.15) is 30.5 Å². The third-order valence-electron chi connectivity index (χ3n) is 4.01. The first-order valence-corrected chi connectivity index (χ1v) is 10.6. The van der Waals surface area contributed by atoms with Gasteiger partial charge in [-0.1, -0.05) is 17.7 Å². The number of halogens is 1. The summed E-state index contributed by atoms with van der Waals surface area (Å²) in [6.07, 6.45) is 0.182. The first-order valence-electron chi connectivity index (χ1n) is 8.50. The minimum atomic E-state index is -0.615. The number of hydrogen-bond donors (Lipinski definition) is 2. The van der Waals surface area contributed by atoms with Crippen LogP contribution >= 0.6 is 34.3 Å². The Kier molecular flexibility index (Phi) is 6.68. The highest BCUT2D eigenvalue weighted by atomic mass is 35.5. The van der Waals surface area contributed by atoms with Crippen LogP contribution in [0.25, 0.3) is 0 Å². The lowest BCUT2D eigenvalue weighted by Gasteiger charge is -2.05. The predicted octanol–water partition coefficient (Wildman–Crippen LogP) is 4.99. The van der Waals surface area contributed by atoms with Crippen LogP contribution < -0.4 is 10.6 Å². The van der Waals surface area contributed by atoms with Gasteiger partial charge < -0.3 is 15.4 Å². The van der Waals surface area contributed by atoms with Gasteiger partial charge in [-0.25, -0.2) is 4.79 Å². The third kappa shape index (κ3) is 5.03. The molecule has 2 N–H and O–H groups in total. The predicted molar refractivity (Wildman–Crippen MR) is 116 cm³/mol. The molecule has 0 bridgehead atoms.